The summed E-state index contributed by atoms with van der Waals surface area (Å²) in [4.78, 5) is 25.3. The first kappa shape index (κ1) is 20.7. The number of thioether (sulfide) groups is 1. The lowest BCUT2D eigenvalue weighted by molar-refractivity contribution is -0.115. The Labute approximate surface area is 175 Å². The molecule has 4 nitrogen and oxygen atoms in total. The standard InChI is InChI=1S/C24H24N2O2S/c1-17-8-13-22(18(2)14-17)26-24(28)16-29-21-11-9-20(10-12-21)25-23(27)15-19-6-4-3-5-7-19/h3-14H,15-16H2,1-2H3,(H,25,27)(H,26,28). The Morgan fingerprint density at radius 3 is 2.24 bits per heavy atom. The van der Waals surface area contributed by atoms with Crippen LogP contribution < -0.4 is 10.6 Å². The van der Waals surface area contributed by atoms with E-state index in [-0.39, 0.29) is 11.8 Å². The Balaban J connectivity index is 1.47. The molecule has 3 aromatic carbocycles. The van der Waals surface area contributed by atoms with Crippen molar-refractivity contribution in [3.05, 3.63) is 89.5 Å². The van der Waals surface area contributed by atoms with E-state index in [2.05, 4.69) is 10.6 Å². The van der Waals surface area contributed by atoms with Gasteiger partial charge in [-0.15, -0.1) is 11.8 Å². The second kappa shape index (κ2) is 9.94. The highest BCUT2D eigenvalue weighted by Crippen LogP contribution is 2.22. The number of benzene rings is 3. The maximum absolute atomic E-state index is 12.2. The lowest BCUT2D eigenvalue weighted by Gasteiger charge is -2.09. The fraction of sp³-hybridized carbons (Fsp3) is 0.167. The van der Waals surface area contributed by atoms with Crippen molar-refractivity contribution in [1.29, 1.82) is 0 Å². The average molecular weight is 405 g/mol. The largest absolute Gasteiger partial charge is 0.326 e. The number of aryl methyl sites for hydroxylation is 2. The highest BCUT2D eigenvalue weighted by molar-refractivity contribution is 8.00. The SMILES string of the molecule is Cc1ccc(NC(=O)CSc2ccc(NC(=O)Cc3ccccc3)cc2)c(C)c1. The van der Waals surface area contributed by atoms with Crippen LogP contribution in [0.25, 0.3) is 0 Å². The summed E-state index contributed by atoms with van der Waals surface area (Å²) in [5.41, 5.74) is 4.80. The summed E-state index contributed by atoms with van der Waals surface area (Å²) in [5, 5.41) is 5.85. The van der Waals surface area contributed by atoms with Gasteiger partial charge in [0.15, 0.2) is 0 Å². The van der Waals surface area contributed by atoms with E-state index in [0.29, 0.717) is 12.2 Å². The van der Waals surface area contributed by atoms with Crippen LogP contribution in [0.2, 0.25) is 0 Å². The molecule has 0 radical (unpaired) electrons. The summed E-state index contributed by atoms with van der Waals surface area (Å²) in [5.74, 6) is 0.235. The molecule has 0 saturated carbocycles. The van der Waals surface area contributed by atoms with Gasteiger partial charge in [-0.1, -0.05) is 48.0 Å². The summed E-state index contributed by atoms with van der Waals surface area (Å²) in [6.45, 7) is 4.02. The zero-order chi connectivity index (χ0) is 20.6. The molecule has 0 aliphatic heterocycles. The zero-order valence-corrected chi connectivity index (χ0v) is 17.4. The van der Waals surface area contributed by atoms with Crippen LogP contribution in [0.1, 0.15) is 16.7 Å². The summed E-state index contributed by atoms with van der Waals surface area (Å²) < 4.78 is 0. The maximum atomic E-state index is 12.2. The van der Waals surface area contributed by atoms with Crippen molar-refractivity contribution in [2.75, 3.05) is 16.4 Å². The Kier molecular flexibility index (Phi) is 7.09. The molecule has 0 heterocycles. The van der Waals surface area contributed by atoms with Gasteiger partial charge >= 0.3 is 0 Å². The number of amides is 2. The van der Waals surface area contributed by atoms with Crippen LogP contribution in [0, 0.1) is 13.8 Å². The molecule has 0 aliphatic rings. The summed E-state index contributed by atoms with van der Waals surface area (Å²) in [7, 11) is 0. The lowest BCUT2D eigenvalue weighted by Crippen LogP contribution is -2.15. The van der Waals surface area contributed by atoms with Crippen LogP contribution in [0.4, 0.5) is 11.4 Å². The van der Waals surface area contributed by atoms with Gasteiger partial charge in [0.2, 0.25) is 11.8 Å². The van der Waals surface area contributed by atoms with Crippen molar-refractivity contribution in [2.45, 2.75) is 25.2 Å². The number of carbonyl (C=O) groups excluding carboxylic acids is 2. The highest BCUT2D eigenvalue weighted by Gasteiger charge is 2.07. The molecule has 5 heteroatoms. The molecule has 0 fully saturated rings. The minimum absolute atomic E-state index is 0.0396. The maximum Gasteiger partial charge on any atom is 0.234 e. The first-order valence-corrected chi connectivity index (χ1v) is 10.4. The van der Waals surface area contributed by atoms with Gasteiger partial charge in [0, 0.05) is 16.3 Å². The summed E-state index contributed by atoms with van der Waals surface area (Å²) in [6, 6.07) is 23.1. The average Bonchev–Trinajstić information content (AvgIpc) is 2.70. The Bertz CT molecular complexity index is 986. The zero-order valence-electron chi connectivity index (χ0n) is 16.6. The van der Waals surface area contributed by atoms with Crippen molar-refractivity contribution in [3.8, 4) is 0 Å². The molecule has 2 amide bonds. The van der Waals surface area contributed by atoms with E-state index < -0.39 is 0 Å². The molecule has 3 aromatic rings. The van der Waals surface area contributed by atoms with E-state index in [1.165, 1.54) is 17.3 Å². The third-order valence-electron chi connectivity index (χ3n) is 4.37. The van der Waals surface area contributed by atoms with Crippen LogP contribution in [0.3, 0.4) is 0 Å². The predicted molar refractivity (Wildman–Crippen MR) is 120 cm³/mol. The van der Waals surface area contributed by atoms with Gasteiger partial charge in [0.1, 0.15) is 0 Å². The Hall–Kier alpha value is -3.05. The molecule has 0 aliphatic carbocycles. The van der Waals surface area contributed by atoms with Crippen molar-refractivity contribution in [2.24, 2.45) is 0 Å². The van der Waals surface area contributed by atoms with E-state index in [4.69, 9.17) is 0 Å². The molecule has 29 heavy (non-hydrogen) atoms. The van der Waals surface area contributed by atoms with Crippen LogP contribution >= 0.6 is 11.8 Å². The van der Waals surface area contributed by atoms with Gasteiger partial charge in [-0.05, 0) is 55.3 Å². The molecule has 3 rings (SSSR count). The van der Waals surface area contributed by atoms with Crippen molar-refractivity contribution < 1.29 is 9.59 Å². The number of hydrogen-bond donors (Lipinski definition) is 2. The second-order valence-electron chi connectivity index (χ2n) is 6.89. The molecule has 0 unspecified atom stereocenters. The third kappa shape index (κ3) is 6.50. The van der Waals surface area contributed by atoms with Crippen LogP contribution in [-0.4, -0.2) is 17.6 Å². The van der Waals surface area contributed by atoms with E-state index >= 15 is 0 Å². The van der Waals surface area contributed by atoms with Gasteiger partial charge in [-0.3, -0.25) is 9.59 Å². The number of nitrogens with one attached hydrogen (secondary N) is 2. The molecular formula is C24H24N2O2S. The van der Waals surface area contributed by atoms with Gasteiger partial charge in [-0.25, -0.2) is 0 Å². The first-order chi connectivity index (χ1) is 14.0. The Morgan fingerprint density at radius 1 is 0.828 bits per heavy atom. The predicted octanol–water partition coefficient (Wildman–Crippen LogP) is 5.22. The monoisotopic (exact) mass is 404 g/mol. The van der Waals surface area contributed by atoms with E-state index in [1.54, 1.807) is 0 Å². The molecular weight excluding hydrogens is 380 g/mol. The van der Waals surface area contributed by atoms with E-state index in [9.17, 15) is 9.59 Å². The van der Waals surface area contributed by atoms with Gasteiger partial charge in [-0.2, -0.15) is 0 Å². The molecule has 0 spiro atoms. The number of hydrogen-bond acceptors (Lipinski definition) is 3. The summed E-state index contributed by atoms with van der Waals surface area (Å²) >= 11 is 1.46. The van der Waals surface area contributed by atoms with E-state index in [1.807, 2.05) is 86.6 Å². The number of carbonyl (C=O) groups is 2. The minimum atomic E-state index is -0.0514. The fourth-order valence-corrected chi connectivity index (χ4v) is 3.61. The number of anilines is 2. The summed E-state index contributed by atoms with van der Waals surface area (Å²) in [6.07, 6.45) is 0.343. The minimum Gasteiger partial charge on any atom is -0.326 e. The van der Waals surface area contributed by atoms with Gasteiger partial charge in [0.05, 0.1) is 12.2 Å². The first-order valence-electron chi connectivity index (χ1n) is 9.43. The second-order valence-corrected chi connectivity index (χ2v) is 7.94. The molecule has 0 aromatic heterocycles. The normalized spacial score (nSPS) is 10.4. The van der Waals surface area contributed by atoms with Crippen molar-refractivity contribution in [1.82, 2.24) is 0 Å². The van der Waals surface area contributed by atoms with Crippen LogP contribution in [-0.2, 0) is 16.0 Å². The number of rotatable bonds is 7. The smallest absolute Gasteiger partial charge is 0.234 e. The molecule has 2 N–H and O–H groups in total. The quantitative estimate of drug-likeness (QED) is 0.531. The highest BCUT2D eigenvalue weighted by atomic mass is 32.2. The van der Waals surface area contributed by atoms with Crippen molar-refractivity contribution >= 4 is 35.0 Å². The van der Waals surface area contributed by atoms with E-state index in [0.717, 1.165) is 27.4 Å². The van der Waals surface area contributed by atoms with Crippen molar-refractivity contribution in [3.63, 3.8) is 0 Å². The van der Waals surface area contributed by atoms with Crippen LogP contribution in [0.5, 0.6) is 0 Å². The molecule has 0 atom stereocenters. The molecule has 0 saturated heterocycles. The van der Waals surface area contributed by atoms with Gasteiger partial charge < -0.3 is 10.6 Å². The fourth-order valence-electron chi connectivity index (χ4n) is 2.91. The van der Waals surface area contributed by atoms with Crippen LogP contribution in [0.15, 0.2) is 77.7 Å². The topological polar surface area (TPSA) is 58.2 Å². The third-order valence-corrected chi connectivity index (χ3v) is 5.38. The van der Waals surface area contributed by atoms with Gasteiger partial charge in [0.25, 0.3) is 0 Å². The molecule has 0 bridgehead atoms. The molecule has 148 valence electrons. The lowest BCUT2D eigenvalue weighted by atomic mass is 10.1. The Morgan fingerprint density at radius 2 is 1.55 bits per heavy atom.